The Morgan fingerprint density at radius 2 is 1.79 bits per heavy atom. The molecular formula is C36H50N6O4S. The number of rotatable bonds is 10. The summed E-state index contributed by atoms with van der Waals surface area (Å²) in [6, 6.07) is 9.43. The largest absolute Gasteiger partial charge is 0.393 e. The van der Waals surface area contributed by atoms with Crippen molar-refractivity contribution in [1.29, 1.82) is 0 Å². The van der Waals surface area contributed by atoms with Gasteiger partial charge in [-0.15, -0.1) is 0 Å². The number of hydrogen-bond acceptors (Lipinski definition) is 9. The van der Waals surface area contributed by atoms with Gasteiger partial charge in [-0.25, -0.2) is 9.97 Å². The summed E-state index contributed by atoms with van der Waals surface area (Å²) in [6.45, 7) is 13.9. The average molecular weight is 663 g/mol. The molecule has 0 radical (unpaired) electrons. The van der Waals surface area contributed by atoms with Gasteiger partial charge in [-0.2, -0.15) is 0 Å². The number of benzene rings is 1. The number of piperidine rings is 1. The molecule has 4 heterocycles. The van der Waals surface area contributed by atoms with Gasteiger partial charge in [0.1, 0.15) is 10.3 Å². The molecule has 2 atom stereocenters. The Hall–Kier alpha value is -2.96. The van der Waals surface area contributed by atoms with E-state index >= 15 is 0 Å². The predicted octanol–water partition coefficient (Wildman–Crippen LogP) is 4.22. The van der Waals surface area contributed by atoms with Crippen molar-refractivity contribution >= 4 is 33.5 Å². The molecule has 3 aromatic rings. The summed E-state index contributed by atoms with van der Waals surface area (Å²) < 4.78 is 5.42. The van der Waals surface area contributed by atoms with E-state index in [0.29, 0.717) is 29.5 Å². The van der Waals surface area contributed by atoms with Gasteiger partial charge in [-0.3, -0.25) is 14.5 Å². The molecule has 11 heteroatoms. The SMILES string of the molecule is CC(C)(C)[C@H]1CCc2nc3sc(C(=O)NC(CCN4CCC(O)CC4)c4cccc(C(=O)NCCN5CCOCC5)c4)nc3cc2C1. The first kappa shape index (κ1) is 33.9. The highest BCUT2D eigenvalue weighted by atomic mass is 32.1. The van der Waals surface area contributed by atoms with Gasteiger partial charge in [-0.1, -0.05) is 44.2 Å². The number of hydrogen-bond donors (Lipinski definition) is 3. The molecule has 3 N–H and O–H groups in total. The van der Waals surface area contributed by atoms with Crippen LogP contribution in [0.5, 0.6) is 0 Å². The molecule has 2 amide bonds. The van der Waals surface area contributed by atoms with Gasteiger partial charge >= 0.3 is 0 Å². The number of ether oxygens (including phenoxy) is 1. The smallest absolute Gasteiger partial charge is 0.280 e. The Morgan fingerprint density at radius 1 is 1.02 bits per heavy atom. The molecule has 6 rings (SSSR count). The van der Waals surface area contributed by atoms with Crippen LogP contribution < -0.4 is 10.6 Å². The number of amides is 2. The number of thiazole rings is 1. The van der Waals surface area contributed by atoms with Crippen LogP contribution in [-0.2, 0) is 17.6 Å². The Balaban J connectivity index is 1.16. The molecule has 0 bridgehead atoms. The number of pyridine rings is 1. The summed E-state index contributed by atoms with van der Waals surface area (Å²) in [5, 5.41) is 16.7. The lowest BCUT2D eigenvalue weighted by Crippen LogP contribution is -2.41. The average Bonchev–Trinajstić information content (AvgIpc) is 3.49. The second-order valence-corrected chi connectivity index (χ2v) is 15.4. The van der Waals surface area contributed by atoms with E-state index in [1.165, 1.54) is 16.9 Å². The van der Waals surface area contributed by atoms with Gasteiger partial charge in [0.25, 0.3) is 11.8 Å². The maximum absolute atomic E-state index is 13.8. The highest BCUT2D eigenvalue weighted by molar-refractivity contribution is 7.19. The van der Waals surface area contributed by atoms with Crippen LogP contribution in [0.25, 0.3) is 10.3 Å². The monoisotopic (exact) mass is 662 g/mol. The molecule has 2 fully saturated rings. The van der Waals surface area contributed by atoms with Crippen molar-refractivity contribution < 1.29 is 19.4 Å². The highest BCUT2D eigenvalue weighted by Crippen LogP contribution is 2.38. The van der Waals surface area contributed by atoms with Crippen LogP contribution in [0.4, 0.5) is 0 Å². The molecule has 0 spiro atoms. The lowest BCUT2D eigenvalue weighted by Gasteiger charge is -2.34. The van der Waals surface area contributed by atoms with Crippen molar-refractivity contribution in [1.82, 2.24) is 30.4 Å². The number of aryl methyl sites for hydroxylation is 1. The molecule has 10 nitrogen and oxygen atoms in total. The first-order chi connectivity index (χ1) is 22.6. The van der Waals surface area contributed by atoms with Crippen molar-refractivity contribution in [2.24, 2.45) is 11.3 Å². The number of morpholine rings is 1. The maximum atomic E-state index is 13.8. The summed E-state index contributed by atoms with van der Waals surface area (Å²) in [5.41, 5.74) is 4.88. The number of likely N-dealkylation sites (tertiary alicyclic amines) is 1. The normalized spacial score (nSPS) is 20.6. The van der Waals surface area contributed by atoms with Crippen LogP contribution in [0.15, 0.2) is 30.3 Å². The Morgan fingerprint density at radius 3 is 2.55 bits per heavy atom. The maximum Gasteiger partial charge on any atom is 0.280 e. The highest BCUT2D eigenvalue weighted by Gasteiger charge is 2.30. The van der Waals surface area contributed by atoms with Crippen LogP contribution in [0, 0.1) is 11.3 Å². The number of nitrogens with zero attached hydrogens (tertiary/aromatic N) is 4. The zero-order valence-corrected chi connectivity index (χ0v) is 28.9. The van der Waals surface area contributed by atoms with E-state index in [9.17, 15) is 14.7 Å². The summed E-state index contributed by atoms with van der Waals surface area (Å²) >= 11 is 1.35. The standard InChI is InChI=1S/C36H50N6O4S/c1-36(2,3)27-7-8-29-26(22-27)23-31-34(39-29)47-35(40-31)33(45)38-30(11-15-41-13-9-28(43)10-14-41)24-5-4-6-25(21-24)32(44)37-12-16-42-17-19-46-20-18-42/h4-6,21,23,27-28,30,43H,7-20,22H2,1-3H3,(H,37,44)(H,38,45)/t27-,30?/m0/s1. The fraction of sp³-hybridized carbons (Fsp3) is 0.611. The number of carbonyl (C=O) groups is 2. The zero-order valence-electron chi connectivity index (χ0n) is 28.1. The first-order valence-corrected chi connectivity index (χ1v) is 18.1. The van der Waals surface area contributed by atoms with Gasteiger partial charge in [0.05, 0.1) is 25.4 Å². The number of aliphatic hydroxyl groups is 1. The number of fused-ring (bicyclic) bond motifs is 2. The Bertz CT molecular complexity index is 1540. The van der Waals surface area contributed by atoms with Gasteiger partial charge in [-0.05, 0) is 79.2 Å². The molecule has 1 aromatic carbocycles. The fourth-order valence-corrected chi connectivity index (χ4v) is 7.84. The third-order valence-electron chi connectivity index (χ3n) is 10.1. The summed E-state index contributed by atoms with van der Waals surface area (Å²) in [5.74, 6) is 0.255. The molecule has 47 heavy (non-hydrogen) atoms. The quantitative estimate of drug-likeness (QED) is 0.295. The van der Waals surface area contributed by atoms with E-state index in [0.717, 1.165) is 106 Å². The van der Waals surface area contributed by atoms with Gasteiger partial charge in [0.2, 0.25) is 0 Å². The van der Waals surface area contributed by atoms with E-state index in [-0.39, 0.29) is 29.4 Å². The van der Waals surface area contributed by atoms with E-state index < -0.39 is 0 Å². The number of carbonyl (C=O) groups excluding carboxylic acids is 2. The van der Waals surface area contributed by atoms with Crippen molar-refractivity contribution in [3.8, 4) is 0 Å². The molecule has 2 aromatic heterocycles. The molecule has 0 saturated carbocycles. The van der Waals surface area contributed by atoms with Crippen LogP contribution in [0.3, 0.4) is 0 Å². The number of nitrogens with one attached hydrogen (secondary N) is 2. The Labute approximate surface area is 282 Å². The Kier molecular flexibility index (Phi) is 10.9. The molecule has 254 valence electrons. The van der Waals surface area contributed by atoms with Crippen LogP contribution in [0.2, 0.25) is 0 Å². The molecule has 1 unspecified atom stereocenters. The minimum absolute atomic E-state index is 0.120. The number of aliphatic hydroxyl groups excluding tert-OH is 1. The molecule has 3 aliphatic rings. The van der Waals surface area contributed by atoms with Gasteiger partial charge in [0.15, 0.2) is 5.01 Å². The van der Waals surface area contributed by atoms with Crippen molar-refractivity contribution in [2.45, 2.75) is 71.4 Å². The van der Waals surface area contributed by atoms with E-state index in [4.69, 9.17) is 14.7 Å². The number of aromatic nitrogens is 2. The summed E-state index contributed by atoms with van der Waals surface area (Å²) in [6.07, 6.45) is 5.04. The van der Waals surface area contributed by atoms with Crippen LogP contribution in [0.1, 0.15) is 89.5 Å². The van der Waals surface area contributed by atoms with Gasteiger partial charge in [0, 0.05) is 57.1 Å². The minimum atomic E-state index is -0.309. The summed E-state index contributed by atoms with van der Waals surface area (Å²) in [7, 11) is 0. The van der Waals surface area contributed by atoms with Crippen molar-refractivity contribution in [3.63, 3.8) is 0 Å². The second kappa shape index (κ2) is 15.1. The van der Waals surface area contributed by atoms with Gasteiger partial charge < -0.3 is 25.4 Å². The van der Waals surface area contributed by atoms with Crippen LogP contribution in [-0.4, -0.2) is 102 Å². The summed E-state index contributed by atoms with van der Waals surface area (Å²) in [4.78, 5) is 42.1. The molecular weight excluding hydrogens is 613 g/mol. The lowest BCUT2D eigenvalue weighted by atomic mass is 9.71. The van der Waals surface area contributed by atoms with E-state index in [1.807, 2.05) is 24.3 Å². The molecule has 2 saturated heterocycles. The predicted molar refractivity (Wildman–Crippen MR) is 185 cm³/mol. The molecule has 2 aliphatic heterocycles. The lowest BCUT2D eigenvalue weighted by molar-refractivity contribution is 0.0383. The minimum Gasteiger partial charge on any atom is -0.393 e. The van der Waals surface area contributed by atoms with Crippen molar-refractivity contribution in [2.75, 3.05) is 59.0 Å². The topological polar surface area (TPSA) is 120 Å². The van der Waals surface area contributed by atoms with E-state index in [1.54, 1.807) is 0 Å². The second-order valence-electron chi connectivity index (χ2n) is 14.5. The van der Waals surface area contributed by atoms with Crippen LogP contribution >= 0.6 is 11.3 Å². The third kappa shape index (κ3) is 8.75. The fourth-order valence-electron chi connectivity index (χ4n) is 7.00. The van der Waals surface area contributed by atoms with Crippen molar-refractivity contribution in [3.05, 3.63) is 57.7 Å². The zero-order chi connectivity index (χ0) is 33.0. The first-order valence-electron chi connectivity index (χ1n) is 17.3. The molecule has 1 aliphatic carbocycles. The third-order valence-corrected chi connectivity index (χ3v) is 11.1. The van der Waals surface area contributed by atoms with E-state index in [2.05, 4.69) is 47.3 Å².